The molecule has 1 amide bonds. The number of piperazine rings is 1. The summed E-state index contributed by atoms with van der Waals surface area (Å²) in [6.07, 6.45) is 4.75. The molecule has 0 saturated carbocycles. The van der Waals surface area contributed by atoms with E-state index in [4.69, 9.17) is 0 Å². The average molecular weight is 425 g/mol. The number of nitrogens with zero attached hydrogens (tertiary/aromatic N) is 3. The summed E-state index contributed by atoms with van der Waals surface area (Å²) in [6.45, 7) is 9.30. The number of benzene rings is 1. The van der Waals surface area contributed by atoms with Crippen molar-refractivity contribution in [3.63, 3.8) is 0 Å². The lowest BCUT2D eigenvalue weighted by Gasteiger charge is -2.37. The van der Waals surface area contributed by atoms with Crippen LogP contribution >= 0.6 is 11.8 Å². The second-order valence-corrected chi connectivity index (χ2v) is 10.0. The first-order valence-electron chi connectivity index (χ1n) is 10.9. The monoisotopic (exact) mass is 424 g/mol. The predicted molar refractivity (Wildman–Crippen MR) is 123 cm³/mol. The van der Waals surface area contributed by atoms with Crippen molar-refractivity contribution in [2.75, 3.05) is 38.5 Å². The Balaban J connectivity index is 1.23. The Morgan fingerprint density at radius 2 is 1.80 bits per heavy atom. The first-order chi connectivity index (χ1) is 14.5. The van der Waals surface area contributed by atoms with Crippen LogP contribution in [0.4, 0.5) is 0 Å². The summed E-state index contributed by atoms with van der Waals surface area (Å²) in [5, 5.41) is 3.69. The van der Waals surface area contributed by atoms with Gasteiger partial charge in [-0.3, -0.25) is 20.0 Å². The SMILES string of the molecule is CC(C)(CCN1CCN(C(=O)[C@@H]2CS[C@H](c3ccncc3)N2)CC1)c1ccccc1. The van der Waals surface area contributed by atoms with E-state index in [0.29, 0.717) is 0 Å². The van der Waals surface area contributed by atoms with Crippen LogP contribution in [0.2, 0.25) is 0 Å². The number of thioether (sulfide) groups is 1. The van der Waals surface area contributed by atoms with Gasteiger partial charge in [0.25, 0.3) is 0 Å². The Bertz CT molecular complexity index is 822. The predicted octanol–water partition coefficient (Wildman–Crippen LogP) is 3.30. The molecule has 2 saturated heterocycles. The summed E-state index contributed by atoms with van der Waals surface area (Å²) < 4.78 is 0. The van der Waals surface area contributed by atoms with E-state index in [1.807, 2.05) is 41.2 Å². The quantitative estimate of drug-likeness (QED) is 0.771. The maximum absolute atomic E-state index is 13.0. The fraction of sp³-hybridized carbons (Fsp3) is 0.500. The molecule has 30 heavy (non-hydrogen) atoms. The molecule has 0 bridgehead atoms. The van der Waals surface area contributed by atoms with Gasteiger partial charge in [0.1, 0.15) is 0 Å². The Morgan fingerprint density at radius 3 is 2.50 bits per heavy atom. The second-order valence-electron chi connectivity index (χ2n) is 8.88. The molecular formula is C24H32N4OS. The lowest BCUT2D eigenvalue weighted by Crippen LogP contribution is -2.54. The standard InChI is InChI=1S/C24H32N4OS/c1-24(2,20-6-4-3-5-7-20)10-13-27-14-16-28(17-15-27)23(29)21-18-30-22(26-21)19-8-11-25-12-9-19/h3-9,11-12,21-22,26H,10,13-18H2,1-2H3/t21-,22+/m0/s1. The van der Waals surface area contributed by atoms with Crippen LogP contribution in [0.1, 0.15) is 36.8 Å². The highest BCUT2D eigenvalue weighted by atomic mass is 32.2. The fourth-order valence-electron chi connectivity index (χ4n) is 4.23. The van der Waals surface area contributed by atoms with E-state index >= 15 is 0 Å². The van der Waals surface area contributed by atoms with Gasteiger partial charge in [-0.05, 0) is 41.6 Å². The summed E-state index contributed by atoms with van der Waals surface area (Å²) in [4.78, 5) is 21.6. The number of nitrogens with one attached hydrogen (secondary N) is 1. The molecule has 1 aromatic heterocycles. The number of hydrogen-bond acceptors (Lipinski definition) is 5. The van der Waals surface area contributed by atoms with Crippen molar-refractivity contribution in [2.45, 2.75) is 37.1 Å². The van der Waals surface area contributed by atoms with Gasteiger partial charge < -0.3 is 4.90 Å². The van der Waals surface area contributed by atoms with Gasteiger partial charge in [0, 0.05) is 44.3 Å². The van der Waals surface area contributed by atoms with E-state index in [2.05, 4.69) is 59.4 Å². The van der Waals surface area contributed by atoms with Gasteiger partial charge in [-0.2, -0.15) is 0 Å². The van der Waals surface area contributed by atoms with Crippen molar-refractivity contribution in [3.05, 3.63) is 66.0 Å². The summed E-state index contributed by atoms with van der Waals surface area (Å²) in [5.41, 5.74) is 2.75. The van der Waals surface area contributed by atoms with E-state index < -0.39 is 0 Å². The molecule has 6 heteroatoms. The molecule has 1 N–H and O–H groups in total. The number of aromatic nitrogens is 1. The third kappa shape index (κ3) is 5.05. The Morgan fingerprint density at radius 1 is 1.10 bits per heavy atom. The third-order valence-electron chi connectivity index (χ3n) is 6.38. The molecule has 4 rings (SSSR count). The van der Waals surface area contributed by atoms with Crippen LogP contribution in [0.15, 0.2) is 54.9 Å². The van der Waals surface area contributed by atoms with E-state index in [0.717, 1.165) is 44.9 Å². The minimum Gasteiger partial charge on any atom is -0.339 e. The summed E-state index contributed by atoms with van der Waals surface area (Å²) in [6, 6.07) is 14.7. The summed E-state index contributed by atoms with van der Waals surface area (Å²) in [7, 11) is 0. The van der Waals surface area contributed by atoms with Crippen LogP contribution in [0.5, 0.6) is 0 Å². The molecule has 2 aromatic rings. The highest BCUT2D eigenvalue weighted by Crippen LogP contribution is 2.33. The lowest BCUT2D eigenvalue weighted by atomic mass is 9.81. The number of hydrogen-bond donors (Lipinski definition) is 1. The van der Waals surface area contributed by atoms with Crippen molar-refractivity contribution in [1.82, 2.24) is 20.1 Å². The Kier molecular flexibility index (Phi) is 6.76. The zero-order chi connectivity index (χ0) is 21.0. The molecule has 1 aromatic carbocycles. The van der Waals surface area contributed by atoms with Crippen molar-refractivity contribution in [3.8, 4) is 0 Å². The number of amides is 1. The molecule has 0 aliphatic carbocycles. The first kappa shape index (κ1) is 21.3. The number of rotatable bonds is 6. The number of carbonyl (C=O) groups excluding carboxylic acids is 1. The molecule has 0 unspecified atom stereocenters. The third-order valence-corrected chi connectivity index (χ3v) is 7.65. The second kappa shape index (κ2) is 9.50. The van der Waals surface area contributed by atoms with Crippen molar-refractivity contribution in [1.29, 1.82) is 0 Å². The first-order valence-corrected chi connectivity index (χ1v) is 11.9. The maximum atomic E-state index is 13.0. The van der Waals surface area contributed by atoms with Gasteiger partial charge in [-0.1, -0.05) is 44.2 Å². The van der Waals surface area contributed by atoms with E-state index in [1.165, 1.54) is 11.1 Å². The van der Waals surface area contributed by atoms with E-state index in [9.17, 15) is 4.79 Å². The van der Waals surface area contributed by atoms with Gasteiger partial charge in [-0.15, -0.1) is 11.8 Å². The van der Waals surface area contributed by atoms with Crippen LogP contribution in [0.3, 0.4) is 0 Å². The van der Waals surface area contributed by atoms with Gasteiger partial charge in [0.05, 0.1) is 11.4 Å². The van der Waals surface area contributed by atoms with Crippen LogP contribution in [-0.4, -0.2) is 65.2 Å². The highest BCUT2D eigenvalue weighted by molar-refractivity contribution is 7.99. The molecular weight excluding hydrogens is 392 g/mol. The fourth-order valence-corrected chi connectivity index (χ4v) is 5.46. The smallest absolute Gasteiger partial charge is 0.240 e. The molecule has 2 aliphatic rings. The van der Waals surface area contributed by atoms with Crippen molar-refractivity contribution >= 4 is 17.7 Å². The van der Waals surface area contributed by atoms with Gasteiger partial charge in [0.15, 0.2) is 0 Å². The zero-order valence-corrected chi connectivity index (χ0v) is 18.8. The maximum Gasteiger partial charge on any atom is 0.240 e. The molecule has 2 aliphatic heterocycles. The van der Waals surface area contributed by atoms with Gasteiger partial charge in [0.2, 0.25) is 5.91 Å². The summed E-state index contributed by atoms with van der Waals surface area (Å²) >= 11 is 1.81. The van der Waals surface area contributed by atoms with Gasteiger partial charge in [-0.25, -0.2) is 0 Å². The van der Waals surface area contributed by atoms with Crippen molar-refractivity contribution in [2.24, 2.45) is 0 Å². The highest BCUT2D eigenvalue weighted by Gasteiger charge is 2.34. The average Bonchev–Trinajstić information content (AvgIpc) is 3.29. The van der Waals surface area contributed by atoms with Crippen LogP contribution in [0, 0.1) is 0 Å². The Hall–Kier alpha value is -1.89. The normalized spacial score (nSPS) is 22.9. The largest absolute Gasteiger partial charge is 0.339 e. The molecule has 0 spiro atoms. The zero-order valence-electron chi connectivity index (χ0n) is 18.0. The molecule has 0 radical (unpaired) electrons. The number of pyridine rings is 1. The summed E-state index contributed by atoms with van der Waals surface area (Å²) in [5.74, 6) is 1.08. The van der Waals surface area contributed by atoms with Crippen LogP contribution in [0.25, 0.3) is 0 Å². The van der Waals surface area contributed by atoms with E-state index in [-0.39, 0.29) is 22.7 Å². The lowest BCUT2D eigenvalue weighted by molar-refractivity contribution is -0.134. The molecule has 160 valence electrons. The minimum absolute atomic E-state index is 0.0864. The molecule has 5 nitrogen and oxygen atoms in total. The van der Waals surface area contributed by atoms with Crippen LogP contribution < -0.4 is 5.32 Å². The van der Waals surface area contributed by atoms with Gasteiger partial charge >= 0.3 is 0 Å². The molecule has 2 atom stereocenters. The minimum atomic E-state index is -0.0864. The Labute approximate surface area is 184 Å². The van der Waals surface area contributed by atoms with Crippen LogP contribution in [-0.2, 0) is 10.2 Å². The molecule has 2 fully saturated rings. The topological polar surface area (TPSA) is 48.5 Å². The van der Waals surface area contributed by atoms with E-state index in [1.54, 1.807) is 0 Å². The molecule has 3 heterocycles. The number of carbonyl (C=O) groups is 1. The van der Waals surface area contributed by atoms with Crippen molar-refractivity contribution < 1.29 is 4.79 Å².